The fraction of sp³-hybridized carbons (Fsp3) is 0.167. The van der Waals surface area contributed by atoms with Gasteiger partial charge in [0, 0.05) is 23.9 Å². The van der Waals surface area contributed by atoms with Crippen molar-refractivity contribution in [1.82, 2.24) is 10.6 Å². The fourth-order valence-corrected chi connectivity index (χ4v) is 4.02. The van der Waals surface area contributed by atoms with E-state index in [9.17, 15) is 14.7 Å². The van der Waals surface area contributed by atoms with Crippen molar-refractivity contribution in [2.24, 2.45) is 0 Å². The van der Waals surface area contributed by atoms with Crippen molar-refractivity contribution in [3.8, 4) is 22.6 Å². The van der Waals surface area contributed by atoms with Crippen LogP contribution in [0, 0.1) is 0 Å². The highest BCUT2D eigenvalue weighted by Gasteiger charge is 2.27. The van der Waals surface area contributed by atoms with Gasteiger partial charge in [0.25, 0.3) is 11.8 Å². The molecule has 0 saturated heterocycles. The summed E-state index contributed by atoms with van der Waals surface area (Å²) < 4.78 is 5.48. The van der Waals surface area contributed by atoms with E-state index in [4.69, 9.17) is 4.74 Å². The second-order valence-electron chi connectivity index (χ2n) is 7.15. The molecule has 4 rings (SSSR count). The number of carbonyl (C=O) groups excluding carboxylic acids is 2. The van der Waals surface area contributed by atoms with Crippen LogP contribution in [0.5, 0.6) is 11.5 Å². The predicted molar refractivity (Wildman–Crippen MR) is 121 cm³/mol. The van der Waals surface area contributed by atoms with Gasteiger partial charge >= 0.3 is 0 Å². The monoisotopic (exact) mass is 434 g/mol. The predicted octanol–water partition coefficient (Wildman–Crippen LogP) is 4.31. The van der Waals surface area contributed by atoms with E-state index in [0.29, 0.717) is 35.6 Å². The molecule has 1 aromatic heterocycles. The number of phenolic OH excluding ortho intramolecular Hbond substituents is 1. The zero-order valence-corrected chi connectivity index (χ0v) is 17.8. The van der Waals surface area contributed by atoms with Gasteiger partial charge in [-0.05, 0) is 64.2 Å². The molecule has 0 bridgehead atoms. The van der Waals surface area contributed by atoms with Crippen LogP contribution in [-0.2, 0) is 11.3 Å². The van der Waals surface area contributed by atoms with Crippen LogP contribution >= 0.6 is 11.3 Å². The van der Waals surface area contributed by atoms with Gasteiger partial charge in [0.2, 0.25) is 0 Å². The van der Waals surface area contributed by atoms with Crippen LogP contribution < -0.4 is 15.4 Å². The molecular formula is C24H22N2O4S. The number of ether oxygens (including phenoxy) is 1. The number of nitrogens with one attached hydrogen (secondary N) is 2. The van der Waals surface area contributed by atoms with Gasteiger partial charge in [-0.3, -0.25) is 14.9 Å². The van der Waals surface area contributed by atoms with Crippen LogP contribution in [0.1, 0.15) is 34.8 Å². The van der Waals surface area contributed by atoms with Crippen LogP contribution in [0.4, 0.5) is 0 Å². The van der Waals surface area contributed by atoms with Crippen molar-refractivity contribution in [1.29, 1.82) is 0 Å². The maximum atomic E-state index is 12.5. The minimum absolute atomic E-state index is 0.0761. The van der Waals surface area contributed by atoms with Gasteiger partial charge in [-0.2, -0.15) is 11.3 Å². The molecule has 0 atom stereocenters. The first kappa shape index (κ1) is 20.7. The molecule has 2 aromatic carbocycles. The first-order valence-electron chi connectivity index (χ1n) is 9.97. The number of hydrogen-bond donors (Lipinski definition) is 3. The Hall–Kier alpha value is -3.58. The van der Waals surface area contributed by atoms with Crippen LogP contribution in [0.15, 0.2) is 59.4 Å². The number of imide groups is 1. The van der Waals surface area contributed by atoms with E-state index in [1.807, 2.05) is 41.9 Å². The number of phenols is 1. The normalized spacial score (nSPS) is 14.3. The molecule has 1 aliphatic rings. The maximum Gasteiger partial charge on any atom is 0.260 e. The Labute approximate surface area is 184 Å². The number of fused-ring (bicyclic) bond motifs is 1. The third kappa shape index (κ3) is 4.46. The van der Waals surface area contributed by atoms with Gasteiger partial charge in [0.1, 0.15) is 0 Å². The number of hydrogen-bond acceptors (Lipinski definition) is 6. The van der Waals surface area contributed by atoms with Crippen LogP contribution in [0.2, 0.25) is 0 Å². The smallest absolute Gasteiger partial charge is 0.260 e. The Morgan fingerprint density at radius 1 is 1.06 bits per heavy atom. The fourth-order valence-electron chi connectivity index (χ4n) is 3.35. The molecule has 3 aromatic rings. The first-order chi connectivity index (χ1) is 15.1. The molecule has 6 nitrogen and oxygen atoms in total. The Morgan fingerprint density at radius 2 is 1.94 bits per heavy atom. The van der Waals surface area contributed by atoms with Crippen LogP contribution in [0.25, 0.3) is 16.7 Å². The van der Waals surface area contributed by atoms with E-state index in [-0.39, 0.29) is 5.75 Å². The molecule has 0 spiro atoms. The molecule has 7 heteroatoms. The number of aromatic hydroxyl groups is 1. The lowest BCUT2D eigenvalue weighted by Crippen LogP contribution is -2.37. The Balaban J connectivity index is 1.56. The molecule has 0 fully saturated rings. The third-order valence-electron chi connectivity index (χ3n) is 4.92. The van der Waals surface area contributed by atoms with E-state index in [2.05, 4.69) is 10.6 Å². The molecule has 158 valence electrons. The number of carbonyl (C=O) groups is 2. The third-order valence-corrected chi connectivity index (χ3v) is 5.60. The van der Waals surface area contributed by atoms with Gasteiger partial charge in [-0.15, -0.1) is 0 Å². The van der Waals surface area contributed by atoms with Gasteiger partial charge in [-0.1, -0.05) is 19.1 Å². The summed E-state index contributed by atoms with van der Waals surface area (Å²) in [5.41, 5.74) is 4.26. The van der Waals surface area contributed by atoms with Crippen molar-refractivity contribution in [3.05, 3.63) is 76.1 Å². The quantitative estimate of drug-likeness (QED) is 0.381. The lowest BCUT2D eigenvalue weighted by molar-refractivity contribution is -0.114. The summed E-state index contributed by atoms with van der Waals surface area (Å²) >= 11 is 1.59. The molecule has 0 aliphatic carbocycles. The average Bonchev–Trinajstić information content (AvgIpc) is 3.30. The molecular weight excluding hydrogens is 412 g/mol. The Morgan fingerprint density at radius 3 is 2.68 bits per heavy atom. The minimum atomic E-state index is -0.446. The number of amides is 2. The molecule has 0 radical (unpaired) electrons. The zero-order chi connectivity index (χ0) is 21.8. The van der Waals surface area contributed by atoms with E-state index in [1.54, 1.807) is 35.7 Å². The first-order valence-corrected chi connectivity index (χ1v) is 10.9. The lowest BCUT2D eigenvalue weighted by atomic mass is 9.92. The maximum absolute atomic E-state index is 12.5. The van der Waals surface area contributed by atoms with Gasteiger partial charge in [0.05, 0.1) is 12.2 Å². The molecule has 0 unspecified atom stereocenters. The zero-order valence-electron chi connectivity index (χ0n) is 17.0. The minimum Gasteiger partial charge on any atom is -0.504 e. The average molecular weight is 435 g/mol. The molecule has 2 amide bonds. The summed E-state index contributed by atoms with van der Waals surface area (Å²) in [6.45, 7) is 2.93. The van der Waals surface area contributed by atoms with Gasteiger partial charge in [0.15, 0.2) is 11.5 Å². The lowest BCUT2D eigenvalue weighted by Gasteiger charge is -2.19. The van der Waals surface area contributed by atoms with E-state index in [1.165, 1.54) is 0 Å². The Bertz CT molecular complexity index is 1150. The van der Waals surface area contributed by atoms with Crippen molar-refractivity contribution >= 4 is 28.7 Å². The van der Waals surface area contributed by atoms with Crippen molar-refractivity contribution < 1.29 is 19.4 Å². The Kier molecular flexibility index (Phi) is 6.04. The highest BCUT2D eigenvalue weighted by molar-refractivity contribution is 7.08. The molecule has 3 N–H and O–H groups in total. The van der Waals surface area contributed by atoms with Gasteiger partial charge < -0.3 is 15.2 Å². The van der Waals surface area contributed by atoms with E-state index >= 15 is 0 Å². The topological polar surface area (TPSA) is 87.7 Å². The van der Waals surface area contributed by atoms with E-state index < -0.39 is 11.8 Å². The summed E-state index contributed by atoms with van der Waals surface area (Å²) in [7, 11) is 0. The SMILES string of the molecule is CCCOc1ccc(CN/C=C2\C(=O)NC(=O)c3ccc(-c4ccsc4)cc32)cc1O. The van der Waals surface area contributed by atoms with Crippen molar-refractivity contribution in [3.63, 3.8) is 0 Å². The van der Waals surface area contributed by atoms with Crippen molar-refractivity contribution in [2.45, 2.75) is 19.9 Å². The summed E-state index contributed by atoms with van der Waals surface area (Å²) in [4.78, 5) is 24.8. The molecule has 2 heterocycles. The number of rotatable bonds is 7. The van der Waals surface area contributed by atoms with Crippen LogP contribution in [-0.4, -0.2) is 23.5 Å². The summed E-state index contributed by atoms with van der Waals surface area (Å²) in [6.07, 6.45) is 2.47. The second-order valence-corrected chi connectivity index (χ2v) is 7.93. The standard InChI is InChI=1S/C24H22N2O4S/c1-2-8-30-22-6-3-15(10-21(22)27)12-25-13-20-19-11-16(17-7-9-31-14-17)4-5-18(19)23(28)26-24(20)29/h3-7,9-11,13-14,25,27H,2,8,12H2,1H3,(H,26,28,29)/b20-13-. The highest BCUT2D eigenvalue weighted by atomic mass is 32.1. The number of thiophene rings is 1. The summed E-state index contributed by atoms with van der Waals surface area (Å²) in [5.74, 6) is -0.323. The molecule has 1 aliphatic heterocycles. The van der Waals surface area contributed by atoms with Crippen molar-refractivity contribution in [2.75, 3.05) is 6.61 Å². The summed E-state index contributed by atoms with van der Waals surface area (Å²) in [6, 6.07) is 12.7. The van der Waals surface area contributed by atoms with E-state index in [0.717, 1.165) is 23.1 Å². The molecule has 31 heavy (non-hydrogen) atoms. The molecule has 0 saturated carbocycles. The van der Waals surface area contributed by atoms with Crippen LogP contribution in [0.3, 0.4) is 0 Å². The number of benzene rings is 2. The van der Waals surface area contributed by atoms with Gasteiger partial charge in [-0.25, -0.2) is 0 Å². The highest BCUT2D eigenvalue weighted by Crippen LogP contribution is 2.31. The summed E-state index contributed by atoms with van der Waals surface area (Å²) in [5, 5.41) is 19.6. The second kappa shape index (κ2) is 9.06. The largest absolute Gasteiger partial charge is 0.504 e.